The lowest BCUT2D eigenvalue weighted by atomic mass is 10.2. The van der Waals surface area contributed by atoms with Gasteiger partial charge >= 0.3 is 0 Å². The van der Waals surface area contributed by atoms with Crippen molar-refractivity contribution in [2.75, 3.05) is 37.7 Å². The molecular formula is C17H19N3O4S. The Hall–Kier alpha value is -2.45. The maximum atomic E-state index is 12.7. The first-order valence-corrected chi connectivity index (χ1v) is 9.30. The number of hydrogen-bond acceptors (Lipinski definition) is 5. The van der Waals surface area contributed by atoms with Gasteiger partial charge in [-0.1, -0.05) is 18.2 Å². The summed E-state index contributed by atoms with van der Waals surface area (Å²) in [6.45, 7) is 2.03. The summed E-state index contributed by atoms with van der Waals surface area (Å²) in [5.74, 6) is -0.178. The number of pyridine rings is 1. The van der Waals surface area contributed by atoms with Gasteiger partial charge in [-0.15, -0.1) is 0 Å². The van der Waals surface area contributed by atoms with E-state index in [-0.39, 0.29) is 10.8 Å². The fraction of sp³-hybridized carbons (Fsp3) is 0.294. The highest BCUT2D eigenvalue weighted by molar-refractivity contribution is 7.92. The molecule has 25 heavy (non-hydrogen) atoms. The fourth-order valence-electron chi connectivity index (χ4n) is 2.56. The van der Waals surface area contributed by atoms with E-state index in [9.17, 15) is 13.2 Å². The van der Waals surface area contributed by atoms with Gasteiger partial charge in [0.25, 0.3) is 15.9 Å². The van der Waals surface area contributed by atoms with Crippen molar-refractivity contribution in [3.8, 4) is 0 Å². The molecule has 0 N–H and O–H groups in total. The third kappa shape index (κ3) is 3.64. The van der Waals surface area contributed by atoms with Gasteiger partial charge in [0.05, 0.1) is 35.6 Å². The van der Waals surface area contributed by atoms with E-state index in [1.165, 1.54) is 31.6 Å². The molecule has 1 fully saturated rings. The van der Waals surface area contributed by atoms with Crippen molar-refractivity contribution < 1.29 is 17.9 Å². The molecule has 2 heterocycles. The van der Waals surface area contributed by atoms with Crippen LogP contribution in [0.2, 0.25) is 0 Å². The molecule has 0 unspecified atom stereocenters. The summed E-state index contributed by atoms with van der Waals surface area (Å²) in [5, 5.41) is 0. The van der Waals surface area contributed by atoms with Crippen LogP contribution in [0.5, 0.6) is 0 Å². The molecule has 3 rings (SSSR count). The Bertz CT molecular complexity index is 849. The number of benzene rings is 1. The second kappa shape index (κ2) is 7.20. The van der Waals surface area contributed by atoms with Crippen molar-refractivity contribution in [1.29, 1.82) is 0 Å². The Morgan fingerprint density at radius 1 is 1.16 bits per heavy atom. The van der Waals surface area contributed by atoms with Crippen molar-refractivity contribution in [1.82, 2.24) is 9.88 Å². The Balaban J connectivity index is 1.87. The molecule has 7 nitrogen and oxygen atoms in total. The Labute approximate surface area is 146 Å². The van der Waals surface area contributed by atoms with Crippen LogP contribution in [0.25, 0.3) is 0 Å². The lowest BCUT2D eigenvalue weighted by Crippen LogP contribution is -2.40. The molecule has 0 saturated carbocycles. The monoisotopic (exact) mass is 361 g/mol. The number of nitrogens with zero attached hydrogens (tertiary/aromatic N) is 3. The minimum atomic E-state index is -3.71. The summed E-state index contributed by atoms with van der Waals surface area (Å²) in [6, 6.07) is 9.69. The average molecular weight is 361 g/mol. The zero-order chi connectivity index (χ0) is 17.9. The Morgan fingerprint density at radius 3 is 2.52 bits per heavy atom. The first kappa shape index (κ1) is 17.4. The molecule has 1 aromatic heterocycles. The molecule has 0 atom stereocenters. The molecule has 1 aliphatic heterocycles. The molecule has 1 aliphatic rings. The van der Waals surface area contributed by atoms with Gasteiger partial charge < -0.3 is 9.64 Å². The lowest BCUT2D eigenvalue weighted by molar-refractivity contribution is 0.0302. The summed E-state index contributed by atoms with van der Waals surface area (Å²) in [7, 11) is -2.26. The van der Waals surface area contributed by atoms with E-state index in [0.717, 1.165) is 4.31 Å². The van der Waals surface area contributed by atoms with Crippen LogP contribution in [0.3, 0.4) is 0 Å². The first-order chi connectivity index (χ1) is 12.0. The van der Waals surface area contributed by atoms with Crippen LogP contribution in [-0.4, -0.2) is 57.6 Å². The minimum absolute atomic E-state index is 0.178. The number of carbonyl (C=O) groups is 1. The highest BCUT2D eigenvalue weighted by atomic mass is 32.2. The molecule has 1 amide bonds. The van der Waals surface area contributed by atoms with Crippen LogP contribution in [0.4, 0.5) is 5.69 Å². The average Bonchev–Trinajstić information content (AvgIpc) is 2.68. The number of morpholine rings is 1. The van der Waals surface area contributed by atoms with E-state index in [1.807, 2.05) is 0 Å². The van der Waals surface area contributed by atoms with Crippen molar-refractivity contribution in [3.05, 3.63) is 54.4 Å². The predicted octanol–water partition coefficient (Wildman–Crippen LogP) is 1.38. The molecule has 0 aliphatic carbocycles. The largest absolute Gasteiger partial charge is 0.378 e. The highest BCUT2D eigenvalue weighted by Crippen LogP contribution is 2.22. The van der Waals surface area contributed by atoms with Crippen LogP contribution < -0.4 is 4.31 Å². The van der Waals surface area contributed by atoms with E-state index in [0.29, 0.717) is 37.6 Å². The van der Waals surface area contributed by atoms with E-state index >= 15 is 0 Å². The molecule has 132 valence electrons. The summed E-state index contributed by atoms with van der Waals surface area (Å²) in [4.78, 5) is 18.5. The van der Waals surface area contributed by atoms with Gasteiger partial charge in [-0.3, -0.25) is 14.1 Å². The van der Waals surface area contributed by atoms with Crippen molar-refractivity contribution in [2.24, 2.45) is 0 Å². The van der Waals surface area contributed by atoms with Gasteiger partial charge in [-0.25, -0.2) is 8.42 Å². The summed E-state index contributed by atoms with van der Waals surface area (Å²) in [5.41, 5.74) is 0.692. The molecule has 2 aromatic rings. The number of sulfonamides is 1. The molecule has 0 bridgehead atoms. The summed E-state index contributed by atoms with van der Waals surface area (Å²) < 4.78 is 31.8. The maximum absolute atomic E-state index is 12.7. The SMILES string of the molecule is CN(c1cncc(C(=O)N2CCOCC2)c1)S(=O)(=O)c1ccccc1. The fourth-order valence-corrected chi connectivity index (χ4v) is 3.75. The van der Waals surface area contributed by atoms with Gasteiger partial charge in [0.2, 0.25) is 0 Å². The normalized spacial score (nSPS) is 15.0. The molecule has 1 aromatic carbocycles. The van der Waals surface area contributed by atoms with Gasteiger partial charge in [-0.05, 0) is 18.2 Å². The van der Waals surface area contributed by atoms with Gasteiger partial charge in [-0.2, -0.15) is 0 Å². The van der Waals surface area contributed by atoms with Crippen LogP contribution in [0.1, 0.15) is 10.4 Å². The zero-order valence-electron chi connectivity index (χ0n) is 13.8. The quantitative estimate of drug-likeness (QED) is 0.822. The van der Waals surface area contributed by atoms with Gasteiger partial charge in [0.15, 0.2) is 0 Å². The smallest absolute Gasteiger partial charge is 0.264 e. The van der Waals surface area contributed by atoms with Gasteiger partial charge in [0, 0.05) is 26.3 Å². The molecular weight excluding hydrogens is 342 g/mol. The second-order valence-electron chi connectivity index (χ2n) is 5.62. The lowest BCUT2D eigenvalue weighted by Gasteiger charge is -2.27. The van der Waals surface area contributed by atoms with E-state index in [1.54, 1.807) is 29.2 Å². The van der Waals surface area contributed by atoms with Gasteiger partial charge in [0.1, 0.15) is 0 Å². The van der Waals surface area contributed by atoms with Crippen molar-refractivity contribution in [3.63, 3.8) is 0 Å². The predicted molar refractivity (Wildman–Crippen MR) is 93.0 cm³/mol. The number of anilines is 1. The highest BCUT2D eigenvalue weighted by Gasteiger charge is 2.23. The number of carbonyl (C=O) groups excluding carboxylic acids is 1. The number of aromatic nitrogens is 1. The number of amides is 1. The van der Waals surface area contributed by atoms with E-state index < -0.39 is 10.0 Å². The van der Waals surface area contributed by atoms with Crippen LogP contribution in [0, 0.1) is 0 Å². The number of rotatable bonds is 4. The Morgan fingerprint density at radius 2 is 1.84 bits per heavy atom. The first-order valence-electron chi connectivity index (χ1n) is 7.86. The molecule has 0 spiro atoms. The van der Waals surface area contributed by atoms with E-state index in [2.05, 4.69) is 4.98 Å². The van der Waals surface area contributed by atoms with E-state index in [4.69, 9.17) is 4.74 Å². The van der Waals surface area contributed by atoms with Crippen LogP contribution in [0.15, 0.2) is 53.7 Å². The van der Waals surface area contributed by atoms with Crippen molar-refractivity contribution in [2.45, 2.75) is 4.90 Å². The summed E-state index contributed by atoms with van der Waals surface area (Å²) in [6.07, 6.45) is 2.88. The minimum Gasteiger partial charge on any atom is -0.378 e. The third-order valence-electron chi connectivity index (χ3n) is 4.03. The molecule has 1 saturated heterocycles. The van der Waals surface area contributed by atoms with Crippen LogP contribution >= 0.6 is 0 Å². The molecule has 0 radical (unpaired) electrons. The molecule has 8 heteroatoms. The zero-order valence-corrected chi connectivity index (χ0v) is 14.6. The maximum Gasteiger partial charge on any atom is 0.264 e. The third-order valence-corrected chi connectivity index (χ3v) is 5.83. The Kier molecular flexibility index (Phi) is 5.00. The standard InChI is InChI=1S/C17H19N3O4S/c1-19(25(22,23)16-5-3-2-4-6-16)15-11-14(12-18-13-15)17(21)20-7-9-24-10-8-20/h2-6,11-13H,7-10H2,1H3. The second-order valence-corrected chi connectivity index (χ2v) is 7.59. The van der Waals surface area contributed by atoms with Crippen LogP contribution in [-0.2, 0) is 14.8 Å². The number of ether oxygens (including phenoxy) is 1. The number of hydrogen-bond donors (Lipinski definition) is 0. The topological polar surface area (TPSA) is 79.8 Å². The summed E-state index contributed by atoms with van der Waals surface area (Å²) >= 11 is 0. The van der Waals surface area contributed by atoms with Crippen molar-refractivity contribution >= 4 is 21.6 Å².